The van der Waals surface area contributed by atoms with Gasteiger partial charge < -0.3 is 14.2 Å². The maximum Gasteiger partial charge on any atom is 0.306 e. The molecule has 0 bridgehead atoms. The molecule has 0 aliphatic carbocycles. The third kappa shape index (κ3) is 63.7. The highest BCUT2D eigenvalue weighted by Crippen LogP contribution is 2.14. The van der Waals surface area contributed by atoms with Gasteiger partial charge in [-0.3, -0.25) is 14.4 Å². The summed E-state index contributed by atoms with van der Waals surface area (Å²) in [6.07, 6.45) is 95.4. The molecule has 0 saturated carbocycles. The van der Waals surface area contributed by atoms with Gasteiger partial charge in [-0.2, -0.15) is 0 Å². The molecule has 0 aromatic heterocycles. The van der Waals surface area contributed by atoms with Gasteiger partial charge in [0.15, 0.2) is 6.10 Å². The lowest BCUT2D eigenvalue weighted by Gasteiger charge is -2.18. The minimum Gasteiger partial charge on any atom is -0.462 e. The molecular formula is C73H116O6. The molecule has 444 valence electrons. The Labute approximate surface area is 486 Å². The van der Waals surface area contributed by atoms with Crippen LogP contribution in [0.15, 0.2) is 158 Å². The van der Waals surface area contributed by atoms with Crippen molar-refractivity contribution in [2.24, 2.45) is 0 Å². The third-order valence-corrected chi connectivity index (χ3v) is 13.0. The van der Waals surface area contributed by atoms with Gasteiger partial charge in [-0.1, -0.05) is 256 Å². The molecule has 0 N–H and O–H groups in total. The first-order chi connectivity index (χ1) is 39.0. The number of hydrogen-bond acceptors (Lipinski definition) is 6. The van der Waals surface area contributed by atoms with Crippen LogP contribution in [0.1, 0.15) is 265 Å². The Bertz CT molecular complexity index is 1780. The third-order valence-electron chi connectivity index (χ3n) is 13.0. The normalized spacial score (nSPS) is 13.2. The molecule has 1 unspecified atom stereocenters. The van der Waals surface area contributed by atoms with Gasteiger partial charge in [0.25, 0.3) is 0 Å². The first-order valence-electron chi connectivity index (χ1n) is 32.0. The van der Waals surface area contributed by atoms with Gasteiger partial charge in [0.2, 0.25) is 0 Å². The highest BCUT2D eigenvalue weighted by molar-refractivity contribution is 5.71. The molecule has 6 heteroatoms. The SMILES string of the molecule is CC/C=C\C/C=C\C/C=C\C/C=C\C/C=C\C/C=C\C/C=C\C/C=C\CCCCCCCCCCC(=O)OCC(COC(=O)CCCCCCC/C=C\CCCCCC)OC(=O)CCCC/C=C\C/C=C\C/C=C\C/C=C\CC. The smallest absolute Gasteiger partial charge is 0.306 e. The monoisotopic (exact) mass is 1090 g/mol. The van der Waals surface area contributed by atoms with Crippen LogP contribution in [-0.2, 0) is 28.6 Å². The molecule has 0 radical (unpaired) electrons. The lowest BCUT2D eigenvalue weighted by Crippen LogP contribution is -2.30. The Morgan fingerprint density at radius 2 is 0.494 bits per heavy atom. The molecule has 6 nitrogen and oxygen atoms in total. The summed E-state index contributed by atoms with van der Waals surface area (Å²) in [5, 5.41) is 0. The summed E-state index contributed by atoms with van der Waals surface area (Å²) < 4.78 is 16.8. The van der Waals surface area contributed by atoms with Crippen LogP contribution < -0.4 is 0 Å². The van der Waals surface area contributed by atoms with Gasteiger partial charge >= 0.3 is 17.9 Å². The van der Waals surface area contributed by atoms with E-state index >= 15 is 0 Å². The summed E-state index contributed by atoms with van der Waals surface area (Å²) in [6, 6.07) is 0. The molecule has 0 aliphatic heterocycles. The zero-order valence-corrected chi connectivity index (χ0v) is 50.8. The highest BCUT2D eigenvalue weighted by Gasteiger charge is 2.19. The second-order valence-corrected chi connectivity index (χ2v) is 20.5. The van der Waals surface area contributed by atoms with E-state index in [2.05, 4.69) is 179 Å². The van der Waals surface area contributed by atoms with E-state index in [0.29, 0.717) is 19.3 Å². The lowest BCUT2D eigenvalue weighted by molar-refractivity contribution is -0.167. The molecule has 0 heterocycles. The van der Waals surface area contributed by atoms with E-state index < -0.39 is 6.10 Å². The molecule has 0 spiro atoms. The van der Waals surface area contributed by atoms with Crippen LogP contribution in [0.5, 0.6) is 0 Å². The summed E-state index contributed by atoms with van der Waals surface area (Å²) in [6.45, 7) is 6.34. The number of hydrogen-bond donors (Lipinski definition) is 0. The quantitative estimate of drug-likeness (QED) is 0.0261. The fraction of sp³-hybridized carbons (Fsp3) is 0.603. The lowest BCUT2D eigenvalue weighted by atomic mass is 10.1. The van der Waals surface area contributed by atoms with Crippen LogP contribution in [0.2, 0.25) is 0 Å². The average Bonchev–Trinajstić information content (AvgIpc) is 3.45. The van der Waals surface area contributed by atoms with Gasteiger partial charge in [0.1, 0.15) is 13.2 Å². The fourth-order valence-corrected chi connectivity index (χ4v) is 8.27. The molecular weight excluding hydrogens is 973 g/mol. The number of esters is 3. The largest absolute Gasteiger partial charge is 0.462 e. The van der Waals surface area contributed by atoms with E-state index in [0.717, 1.165) is 148 Å². The molecule has 1 atom stereocenters. The topological polar surface area (TPSA) is 78.9 Å². The van der Waals surface area contributed by atoms with Crippen LogP contribution >= 0.6 is 0 Å². The van der Waals surface area contributed by atoms with Crippen molar-refractivity contribution in [3.8, 4) is 0 Å². The Morgan fingerprint density at radius 1 is 0.266 bits per heavy atom. The van der Waals surface area contributed by atoms with Crippen LogP contribution in [0, 0.1) is 0 Å². The van der Waals surface area contributed by atoms with Crippen molar-refractivity contribution < 1.29 is 28.6 Å². The second-order valence-electron chi connectivity index (χ2n) is 20.5. The number of allylic oxidation sites excluding steroid dienone is 26. The highest BCUT2D eigenvalue weighted by atomic mass is 16.6. The summed E-state index contributed by atoms with van der Waals surface area (Å²) in [5.41, 5.74) is 0. The fourth-order valence-electron chi connectivity index (χ4n) is 8.27. The van der Waals surface area contributed by atoms with Gasteiger partial charge in [-0.05, 0) is 148 Å². The van der Waals surface area contributed by atoms with Gasteiger partial charge in [-0.15, -0.1) is 0 Å². The van der Waals surface area contributed by atoms with Gasteiger partial charge in [0.05, 0.1) is 0 Å². The predicted molar refractivity (Wildman–Crippen MR) is 343 cm³/mol. The molecule has 0 aromatic rings. The van der Waals surface area contributed by atoms with Crippen molar-refractivity contribution in [1.29, 1.82) is 0 Å². The van der Waals surface area contributed by atoms with Crippen LogP contribution in [0.25, 0.3) is 0 Å². The van der Waals surface area contributed by atoms with E-state index in [9.17, 15) is 14.4 Å². The van der Waals surface area contributed by atoms with Crippen molar-refractivity contribution in [2.45, 2.75) is 271 Å². The van der Waals surface area contributed by atoms with Gasteiger partial charge in [0, 0.05) is 19.3 Å². The molecule has 0 amide bonds. The molecule has 79 heavy (non-hydrogen) atoms. The molecule has 0 aliphatic rings. The Hall–Kier alpha value is -4.97. The summed E-state index contributed by atoms with van der Waals surface area (Å²) >= 11 is 0. The zero-order chi connectivity index (χ0) is 57.1. The molecule has 0 fully saturated rings. The van der Waals surface area contributed by atoms with Gasteiger partial charge in [-0.25, -0.2) is 0 Å². The minimum absolute atomic E-state index is 0.107. The Morgan fingerprint density at radius 3 is 0.810 bits per heavy atom. The number of carbonyl (C=O) groups excluding carboxylic acids is 3. The summed E-state index contributed by atoms with van der Waals surface area (Å²) in [5.74, 6) is -0.969. The van der Waals surface area contributed by atoms with Crippen molar-refractivity contribution >= 4 is 17.9 Å². The van der Waals surface area contributed by atoms with E-state index in [4.69, 9.17) is 14.2 Å². The summed E-state index contributed by atoms with van der Waals surface area (Å²) in [7, 11) is 0. The van der Waals surface area contributed by atoms with E-state index in [1.54, 1.807) is 0 Å². The Kier molecular flexibility index (Phi) is 61.4. The maximum absolute atomic E-state index is 12.9. The van der Waals surface area contributed by atoms with Crippen molar-refractivity contribution in [3.63, 3.8) is 0 Å². The van der Waals surface area contributed by atoms with Crippen LogP contribution in [0.4, 0.5) is 0 Å². The van der Waals surface area contributed by atoms with Crippen LogP contribution in [-0.4, -0.2) is 37.2 Å². The predicted octanol–water partition coefficient (Wildman–Crippen LogP) is 22.1. The number of rotatable bonds is 56. The zero-order valence-electron chi connectivity index (χ0n) is 50.8. The number of unbranched alkanes of at least 4 members (excludes halogenated alkanes) is 19. The van der Waals surface area contributed by atoms with E-state index in [1.807, 2.05) is 0 Å². The second kappa shape index (κ2) is 65.5. The molecule has 0 aromatic carbocycles. The average molecular weight is 1090 g/mol. The molecule has 0 saturated heterocycles. The Balaban J connectivity index is 4.32. The van der Waals surface area contributed by atoms with E-state index in [-0.39, 0.29) is 37.5 Å². The first-order valence-corrected chi connectivity index (χ1v) is 32.0. The van der Waals surface area contributed by atoms with Crippen molar-refractivity contribution in [3.05, 3.63) is 158 Å². The minimum atomic E-state index is -0.814. The summed E-state index contributed by atoms with van der Waals surface area (Å²) in [4.78, 5) is 38.2. The van der Waals surface area contributed by atoms with Crippen molar-refractivity contribution in [2.75, 3.05) is 13.2 Å². The first kappa shape index (κ1) is 74.0. The van der Waals surface area contributed by atoms with Crippen LogP contribution in [0.3, 0.4) is 0 Å². The number of ether oxygens (including phenoxy) is 3. The number of carbonyl (C=O) groups is 3. The maximum atomic E-state index is 12.9. The van der Waals surface area contributed by atoms with E-state index in [1.165, 1.54) is 70.6 Å². The van der Waals surface area contributed by atoms with Crippen molar-refractivity contribution in [1.82, 2.24) is 0 Å². The molecule has 0 rings (SSSR count). The standard InChI is InChI=1S/C73H116O6/c1-4-7-10-13-16-19-22-25-27-28-29-30-31-32-33-34-35-36-37-38-39-40-41-42-43-44-46-48-51-54-57-60-63-66-72(75)78-69-70(68-77-71(74)65-62-59-56-53-50-47-24-21-18-15-12-9-6-3)79-73(76)67-64-61-58-55-52-49-45-26-23-20-17-14-11-8-5-2/h7-8,10-11,16-17,19-21,24-27,29-30,32-33,35-36,38-39,41-42,45,52,55,70H,4-6,9,12-15,18,22-23,28,31,34,37,40,43-44,46-51,53-54,56-69H2,1-3H3/b10-7-,11-8-,19-16-,20-17-,24-21-,27-25-,30-29-,33-32-,36-35-,39-38-,42-41-,45-26-,55-52-.